The molecule has 0 saturated carbocycles. The van der Waals surface area contributed by atoms with Crippen LogP contribution in [0.3, 0.4) is 0 Å². The number of anilines is 1. The second-order valence-corrected chi connectivity index (χ2v) is 10.2. The molecular formula is C23H24ClN3O5S. The molecule has 0 amide bonds. The number of hydrogen-bond acceptors (Lipinski definition) is 6. The number of fused-ring (bicyclic) bond motifs is 4. The third-order valence-electron chi connectivity index (χ3n) is 5.31. The molecule has 0 bridgehead atoms. The van der Waals surface area contributed by atoms with E-state index in [1.165, 1.54) is 16.8 Å². The van der Waals surface area contributed by atoms with Gasteiger partial charge in [-0.15, -0.1) is 0 Å². The monoisotopic (exact) mass is 489 g/mol. The van der Waals surface area contributed by atoms with Gasteiger partial charge in [0.1, 0.15) is 11.5 Å². The first-order chi connectivity index (χ1) is 15.8. The van der Waals surface area contributed by atoms with Gasteiger partial charge in [0, 0.05) is 47.9 Å². The molecule has 2 aromatic heterocycles. The molecule has 3 heterocycles. The van der Waals surface area contributed by atoms with Crippen LogP contribution in [-0.4, -0.2) is 30.3 Å². The van der Waals surface area contributed by atoms with Crippen LogP contribution < -0.4 is 19.8 Å². The fourth-order valence-corrected chi connectivity index (χ4v) is 4.33. The van der Waals surface area contributed by atoms with Crippen LogP contribution in [0.5, 0.6) is 17.4 Å². The molecule has 4 rings (SSSR count). The number of benzene rings is 1. The van der Waals surface area contributed by atoms with Gasteiger partial charge in [0.25, 0.3) is 5.56 Å². The number of rotatable bonds is 3. The molecule has 0 spiro atoms. The predicted octanol–water partition coefficient (Wildman–Crippen LogP) is 4.37. The normalized spacial score (nSPS) is 13.8. The molecule has 0 atom stereocenters. The van der Waals surface area contributed by atoms with Crippen molar-refractivity contribution in [2.45, 2.75) is 26.2 Å². The molecule has 0 fully saturated rings. The van der Waals surface area contributed by atoms with Crippen molar-refractivity contribution in [1.29, 1.82) is 0 Å². The summed E-state index contributed by atoms with van der Waals surface area (Å²) in [6.45, 7) is 1.98. The molecule has 10 heteroatoms. The highest BCUT2D eigenvalue weighted by molar-refractivity contribution is 7.92. The summed E-state index contributed by atoms with van der Waals surface area (Å²) in [6, 6.07) is 8.22. The number of aryl methyl sites for hydroxylation is 2. The predicted molar refractivity (Wildman–Crippen MR) is 128 cm³/mol. The minimum Gasteiger partial charge on any atom is -0.493 e. The first-order valence-corrected chi connectivity index (χ1v) is 12.6. The SMILES string of the molecule is CCS(=O)(=O)Nc1ccc2c(c1)-c1cn(C)c(=O)cc1OCCCCc1cc(Cl)cnc1O2. The highest BCUT2D eigenvalue weighted by Gasteiger charge is 2.19. The van der Waals surface area contributed by atoms with Crippen LogP contribution in [-0.2, 0) is 23.5 Å². The quantitative estimate of drug-likeness (QED) is 0.586. The van der Waals surface area contributed by atoms with Crippen molar-refractivity contribution in [3.05, 3.63) is 63.7 Å². The second-order valence-electron chi connectivity index (χ2n) is 7.74. The maximum Gasteiger partial charge on any atom is 0.254 e. The summed E-state index contributed by atoms with van der Waals surface area (Å²) in [5.74, 6) is 1.21. The van der Waals surface area contributed by atoms with Crippen molar-refractivity contribution < 1.29 is 17.9 Å². The van der Waals surface area contributed by atoms with E-state index in [0.29, 0.717) is 52.2 Å². The van der Waals surface area contributed by atoms with Gasteiger partial charge < -0.3 is 14.0 Å². The molecule has 1 aromatic carbocycles. The molecule has 0 saturated heterocycles. The zero-order chi connectivity index (χ0) is 23.6. The van der Waals surface area contributed by atoms with E-state index >= 15 is 0 Å². The first-order valence-electron chi connectivity index (χ1n) is 10.6. The standard InChI is InChI=1S/C23H24ClN3O5S/c1-3-33(29,30)26-17-7-8-20-18(11-17)19-14-27(2)22(28)12-21(19)31-9-5-4-6-15-10-16(24)13-25-23(15)32-20/h7-8,10-14,26H,3-6,9H2,1-2H3. The molecular weight excluding hydrogens is 466 g/mol. The van der Waals surface area contributed by atoms with Gasteiger partial charge in [-0.3, -0.25) is 9.52 Å². The third-order valence-corrected chi connectivity index (χ3v) is 6.82. The molecule has 33 heavy (non-hydrogen) atoms. The Morgan fingerprint density at radius 1 is 1.15 bits per heavy atom. The van der Waals surface area contributed by atoms with Gasteiger partial charge in [-0.1, -0.05) is 11.6 Å². The van der Waals surface area contributed by atoms with E-state index in [-0.39, 0.29) is 11.3 Å². The molecule has 0 unspecified atom stereocenters. The Balaban J connectivity index is 1.92. The molecule has 3 aromatic rings. The van der Waals surface area contributed by atoms with Gasteiger partial charge in [-0.05, 0) is 50.5 Å². The largest absolute Gasteiger partial charge is 0.493 e. The molecule has 1 aliphatic heterocycles. The minimum absolute atomic E-state index is 0.0627. The fourth-order valence-electron chi connectivity index (χ4n) is 3.52. The average molecular weight is 490 g/mol. The zero-order valence-electron chi connectivity index (χ0n) is 18.3. The Kier molecular flexibility index (Phi) is 6.62. The number of ether oxygens (including phenoxy) is 2. The van der Waals surface area contributed by atoms with Gasteiger partial charge in [-0.25, -0.2) is 13.4 Å². The number of nitrogens with one attached hydrogen (secondary N) is 1. The van der Waals surface area contributed by atoms with Gasteiger partial charge in [0.15, 0.2) is 0 Å². The number of halogens is 1. The van der Waals surface area contributed by atoms with Crippen molar-refractivity contribution in [3.8, 4) is 28.5 Å². The minimum atomic E-state index is -3.49. The second kappa shape index (κ2) is 9.44. The highest BCUT2D eigenvalue weighted by atomic mass is 35.5. The first kappa shape index (κ1) is 23.1. The number of nitrogens with zero attached hydrogens (tertiary/aromatic N) is 2. The summed E-state index contributed by atoms with van der Waals surface area (Å²) in [7, 11) is -1.85. The maximum atomic E-state index is 12.3. The van der Waals surface area contributed by atoms with E-state index in [0.717, 1.165) is 18.4 Å². The molecule has 1 N–H and O–H groups in total. The van der Waals surface area contributed by atoms with Crippen LogP contribution in [0.1, 0.15) is 25.3 Å². The lowest BCUT2D eigenvalue weighted by atomic mass is 10.0. The molecule has 0 radical (unpaired) electrons. The average Bonchev–Trinajstić information content (AvgIpc) is 2.77. The third kappa shape index (κ3) is 5.31. The van der Waals surface area contributed by atoms with Crippen molar-refractivity contribution in [1.82, 2.24) is 9.55 Å². The molecule has 8 nitrogen and oxygen atoms in total. The van der Waals surface area contributed by atoms with Gasteiger partial charge in [-0.2, -0.15) is 0 Å². The fraction of sp³-hybridized carbons (Fsp3) is 0.304. The Morgan fingerprint density at radius 2 is 1.97 bits per heavy atom. The zero-order valence-corrected chi connectivity index (χ0v) is 19.9. The number of aromatic nitrogens is 2. The van der Waals surface area contributed by atoms with Crippen LogP contribution >= 0.6 is 11.6 Å². The Hall–Kier alpha value is -3.04. The number of pyridine rings is 2. The summed E-state index contributed by atoms with van der Waals surface area (Å²) in [5, 5.41) is 0.519. The molecule has 1 aliphatic rings. The van der Waals surface area contributed by atoms with Crippen LogP contribution in [0.25, 0.3) is 11.1 Å². The van der Waals surface area contributed by atoms with E-state index in [1.54, 1.807) is 38.4 Å². The van der Waals surface area contributed by atoms with Crippen LogP contribution in [0, 0.1) is 0 Å². The molecule has 174 valence electrons. The van der Waals surface area contributed by atoms with Crippen molar-refractivity contribution in [2.24, 2.45) is 7.05 Å². The Bertz CT molecular complexity index is 1350. The van der Waals surface area contributed by atoms with Gasteiger partial charge in [0.05, 0.1) is 17.4 Å². The van der Waals surface area contributed by atoms with Crippen molar-refractivity contribution in [2.75, 3.05) is 17.1 Å². The lowest BCUT2D eigenvalue weighted by Gasteiger charge is -2.19. The highest BCUT2D eigenvalue weighted by Crippen LogP contribution is 2.40. The summed E-state index contributed by atoms with van der Waals surface area (Å²) < 4.78 is 40.5. The van der Waals surface area contributed by atoms with E-state index in [4.69, 9.17) is 21.1 Å². The summed E-state index contributed by atoms with van der Waals surface area (Å²) in [6.07, 6.45) is 5.45. The lowest BCUT2D eigenvalue weighted by molar-refractivity contribution is 0.306. The Morgan fingerprint density at radius 3 is 2.76 bits per heavy atom. The van der Waals surface area contributed by atoms with Crippen LogP contribution in [0.15, 0.2) is 47.5 Å². The van der Waals surface area contributed by atoms with Gasteiger partial charge >= 0.3 is 0 Å². The van der Waals surface area contributed by atoms with E-state index < -0.39 is 10.0 Å². The number of sulfonamides is 1. The Labute approximate surface area is 197 Å². The van der Waals surface area contributed by atoms with E-state index in [1.807, 2.05) is 6.07 Å². The summed E-state index contributed by atoms with van der Waals surface area (Å²) >= 11 is 6.16. The lowest BCUT2D eigenvalue weighted by Crippen LogP contribution is -2.17. The van der Waals surface area contributed by atoms with Crippen molar-refractivity contribution >= 4 is 27.3 Å². The van der Waals surface area contributed by atoms with Crippen LogP contribution in [0.2, 0.25) is 5.02 Å². The summed E-state index contributed by atoms with van der Waals surface area (Å²) in [5.41, 5.74) is 2.18. The maximum absolute atomic E-state index is 12.3. The topological polar surface area (TPSA) is 99.5 Å². The molecule has 0 aliphatic carbocycles. The smallest absolute Gasteiger partial charge is 0.254 e. The van der Waals surface area contributed by atoms with Crippen molar-refractivity contribution in [3.63, 3.8) is 0 Å². The van der Waals surface area contributed by atoms with E-state index in [2.05, 4.69) is 9.71 Å². The summed E-state index contributed by atoms with van der Waals surface area (Å²) in [4.78, 5) is 16.7. The van der Waals surface area contributed by atoms with Crippen LogP contribution in [0.4, 0.5) is 5.69 Å². The number of hydrogen-bond donors (Lipinski definition) is 1. The van der Waals surface area contributed by atoms with Gasteiger partial charge in [0.2, 0.25) is 15.9 Å². The van der Waals surface area contributed by atoms with E-state index in [9.17, 15) is 13.2 Å².